The van der Waals surface area contributed by atoms with Crippen LogP contribution in [0.5, 0.6) is 0 Å². The summed E-state index contributed by atoms with van der Waals surface area (Å²) in [6.07, 6.45) is 5.74. The summed E-state index contributed by atoms with van der Waals surface area (Å²) in [5.74, 6) is 1.98. The summed E-state index contributed by atoms with van der Waals surface area (Å²) in [6.45, 7) is 8.13. The van der Waals surface area contributed by atoms with Crippen molar-refractivity contribution in [3.63, 3.8) is 0 Å². The summed E-state index contributed by atoms with van der Waals surface area (Å²) in [4.78, 5) is 16.1. The van der Waals surface area contributed by atoms with Gasteiger partial charge in [0.15, 0.2) is 0 Å². The molecule has 0 spiro atoms. The summed E-state index contributed by atoms with van der Waals surface area (Å²) in [5.41, 5.74) is 6.99. The Morgan fingerprint density at radius 2 is 1.07 bits per heavy atom. The van der Waals surface area contributed by atoms with Gasteiger partial charge >= 0.3 is 0 Å². The number of rotatable bonds is 4. The molecule has 4 aromatic rings. The van der Waals surface area contributed by atoms with Gasteiger partial charge in [-0.25, -0.2) is 0 Å². The van der Waals surface area contributed by atoms with E-state index in [0.717, 1.165) is 60.0 Å². The molecule has 0 radical (unpaired) electrons. The standard InChI is InChI=1S/C25H26N6.2CH4O3S/c1-25(2,19-13-30-21-11-15(3-5-17(19)21)23-26-7-8-27-23)20-14-31-22-12-16(4-6-18(20)22)24-28-9-10-29-24;2*1-5(2,3)4/h3-6,11-14,30-31H,7-10H2,1-2H3,(H,26,27)(H,28,29);2*1H3,(H,2,3,4). The fourth-order valence-electron chi connectivity index (χ4n) is 4.91. The van der Waals surface area contributed by atoms with Crippen LogP contribution < -0.4 is 10.6 Å². The summed E-state index contributed by atoms with van der Waals surface area (Å²) in [5, 5.41) is 9.23. The molecule has 0 amide bonds. The minimum absolute atomic E-state index is 0.161. The maximum atomic E-state index is 9.19. The maximum Gasteiger partial charge on any atom is 0.261 e. The molecule has 2 aliphatic rings. The summed E-state index contributed by atoms with van der Waals surface area (Å²) < 4.78 is 51.7. The number of fused-ring (bicyclic) bond motifs is 2. The van der Waals surface area contributed by atoms with E-state index >= 15 is 0 Å². The first-order valence-corrected chi connectivity index (χ1v) is 16.5. The highest BCUT2D eigenvalue weighted by Crippen LogP contribution is 2.39. The van der Waals surface area contributed by atoms with E-state index in [-0.39, 0.29) is 5.41 Å². The molecule has 0 fully saturated rings. The lowest BCUT2D eigenvalue weighted by Gasteiger charge is -2.24. The predicted molar refractivity (Wildman–Crippen MR) is 162 cm³/mol. The Hall–Kier alpha value is -3.72. The third-order valence-corrected chi connectivity index (χ3v) is 6.61. The minimum atomic E-state index is -3.67. The van der Waals surface area contributed by atoms with Crippen molar-refractivity contribution < 1.29 is 25.9 Å². The fraction of sp³-hybridized carbons (Fsp3) is 0.333. The number of nitrogens with one attached hydrogen (secondary N) is 4. The average molecular weight is 603 g/mol. The molecule has 0 saturated carbocycles. The Bertz CT molecular complexity index is 1700. The van der Waals surface area contributed by atoms with Crippen LogP contribution in [0.25, 0.3) is 21.8 Å². The van der Waals surface area contributed by atoms with E-state index in [4.69, 9.17) is 9.11 Å². The summed E-state index contributed by atoms with van der Waals surface area (Å²) >= 11 is 0. The quantitative estimate of drug-likeness (QED) is 0.192. The number of aromatic amines is 2. The topological polar surface area (TPSA) is 189 Å². The third kappa shape index (κ3) is 7.73. The molecule has 2 aromatic carbocycles. The number of nitrogens with zero attached hydrogens (tertiary/aromatic N) is 2. The molecule has 0 aliphatic carbocycles. The number of hydrogen-bond donors (Lipinski definition) is 6. The van der Waals surface area contributed by atoms with Crippen LogP contribution in [0, 0.1) is 0 Å². The smallest absolute Gasteiger partial charge is 0.261 e. The van der Waals surface area contributed by atoms with Crippen molar-refractivity contribution in [1.82, 2.24) is 20.6 Å². The zero-order valence-electron chi connectivity index (χ0n) is 23.2. The van der Waals surface area contributed by atoms with Gasteiger partial charge in [-0.15, -0.1) is 0 Å². The first kappa shape index (κ1) is 30.2. The van der Waals surface area contributed by atoms with E-state index in [9.17, 15) is 16.8 Å². The van der Waals surface area contributed by atoms with Crippen LogP contribution in [0.1, 0.15) is 36.1 Å². The number of aliphatic imine (C=N–C) groups is 2. The van der Waals surface area contributed by atoms with E-state index in [0.29, 0.717) is 12.5 Å². The zero-order chi connectivity index (χ0) is 30.0. The number of aromatic nitrogens is 2. The Morgan fingerprint density at radius 1 is 0.707 bits per heavy atom. The van der Waals surface area contributed by atoms with Crippen LogP contribution in [0.4, 0.5) is 0 Å². The molecule has 4 heterocycles. The molecule has 0 saturated heterocycles. The molecule has 2 aliphatic heterocycles. The van der Waals surface area contributed by atoms with Gasteiger partial charge in [0, 0.05) is 63.8 Å². The number of benzene rings is 2. The van der Waals surface area contributed by atoms with Crippen LogP contribution in [-0.2, 0) is 25.7 Å². The Balaban J connectivity index is 0.000000336. The van der Waals surface area contributed by atoms with Crippen molar-refractivity contribution in [3.8, 4) is 0 Å². The lowest BCUT2D eigenvalue weighted by atomic mass is 9.78. The highest BCUT2D eigenvalue weighted by molar-refractivity contribution is 7.85. The maximum absolute atomic E-state index is 9.19. The van der Waals surface area contributed by atoms with Crippen molar-refractivity contribution in [2.45, 2.75) is 19.3 Å². The van der Waals surface area contributed by atoms with Crippen molar-refractivity contribution in [3.05, 3.63) is 71.0 Å². The first-order chi connectivity index (χ1) is 19.1. The van der Waals surface area contributed by atoms with Gasteiger partial charge in [0.25, 0.3) is 20.2 Å². The van der Waals surface area contributed by atoms with Crippen LogP contribution in [-0.4, -0.2) is 86.3 Å². The second-order valence-electron chi connectivity index (χ2n) is 10.3. The number of amidine groups is 2. The largest absolute Gasteiger partial charge is 0.368 e. The van der Waals surface area contributed by atoms with Crippen LogP contribution >= 0.6 is 0 Å². The highest BCUT2D eigenvalue weighted by atomic mass is 32.2. The van der Waals surface area contributed by atoms with Gasteiger partial charge in [-0.2, -0.15) is 16.8 Å². The third-order valence-electron chi connectivity index (χ3n) is 6.61. The fourth-order valence-corrected chi connectivity index (χ4v) is 4.91. The van der Waals surface area contributed by atoms with E-state index in [1.165, 1.54) is 21.9 Å². The number of H-pyrrole nitrogens is 2. The second kappa shape index (κ2) is 11.6. The molecule has 14 heteroatoms. The normalized spacial score (nSPS) is 15.3. The molecule has 0 unspecified atom stereocenters. The van der Waals surface area contributed by atoms with Crippen LogP contribution in [0.3, 0.4) is 0 Å². The highest BCUT2D eigenvalue weighted by Gasteiger charge is 2.29. The lowest BCUT2D eigenvalue weighted by Crippen LogP contribution is -2.20. The van der Waals surface area contributed by atoms with Gasteiger partial charge in [-0.1, -0.05) is 38.1 Å². The monoisotopic (exact) mass is 602 g/mol. The SMILES string of the molecule is CC(C)(c1c[nH]c2cc(C3=NCCN3)ccc12)c1c[nH]c2cc(C3=NCCN3)ccc12.CS(=O)(=O)O.CS(=O)(=O)O. The zero-order valence-corrected chi connectivity index (χ0v) is 24.8. The molecule has 0 bridgehead atoms. The first-order valence-electron chi connectivity index (χ1n) is 12.8. The molecule has 41 heavy (non-hydrogen) atoms. The Kier molecular flexibility index (Phi) is 8.59. The van der Waals surface area contributed by atoms with Crippen molar-refractivity contribution in [1.29, 1.82) is 0 Å². The molecular formula is C27H34N6O6S2. The van der Waals surface area contributed by atoms with E-state index < -0.39 is 20.2 Å². The van der Waals surface area contributed by atoms with E-state index in [2.05, 4.69) is 93.2 Å². The Labute approximate surface area is 238 Å². The van der Waals surface area contributed by atoms with Crippen molar-refractivity contribution in [2.75, 3.05) is 38.7 Å². The van der Waals surface area contributed by atoms with Crippen LogP contribution in [0.15, 0.2) is 58.8 Å². The van der Waals surface area contributed by atoms with Gasteiger partial charge in [-0.3, -0.25) is 19.1 Å². The van der Waals surface area contributed by atoms with Gasteiger partial charge in [-0.05, 0) is 23.3 Å². The Morgan fingerprint density at radius 3 is 1.39 bits per heavy atom. The van der Waals surface area contributed by atoms with Gasteiger partial charge in [0.05, 0.1) is 25.6 Å². The molecule has 0 atom stereocenters. The summed E-state index contributed by atoms with van der Waals surface area (Å²) in [6, 6.07) is 13.2. The molecular weight excluding hydrogens is 568 g/mol. The minimum Gasteiger partial charge on any atom is -0.368 e. The molecule has 2 aromatic heterocycles. The molecule has 6 N–H and O–H groups in total. The van der Waals surface area contributed by atoms with Crippen molar-refractivity contribution >= 4 is 53.7 Å². The lowest BCUT2D eigenvalue weighted by molar-refractivity contribution is 0.488. The molecule has 6 rings (SSSR count). The van der Waals surface area contributed by atoms with E-state index in [1.807, 2.05) is 0 Å². The molecule has 12 nitrogen and oxygen atoms in total. The van der Waals surface area contributed by atoms with Crippen molar-refractivity contribution in [2.24, 2.45) is 9.98 Å². The van der Waals surface area contributed by atoms with Gasteiger partial charge in [0.1, 0.15) is 11.7 Å². The molecule has 220 valence electrons. The van der Waals surface area contributed by atoms with E-state index in [1.54, 1.807) is 0 Å². The average Bonchev–Trinajstić information content (AvgIpc) is 3.66. The predicted octanol–water partition coefficient (Wildman–Crippen LogP) is 2.68. The summed E-state index contributed by atoms with van der Waals surface area (Å²) in [7, 11) is -7.33. The van der Waals surface area contributed by atoms with Gasteiger partial charge < -0.3 is 20.6 Å². The van der Waals surface area contributed by atoms with Gasteiger partial charge in [0.2, 0.25) is 0 Å². The van der Waals surface area contributed by atoms with Crippen LogP contribution in [0.2, 0.25) is 0 Å². The second-order valence-corrected chi connectivity index (χ2v) is 13.3. The number of hydrogen-bond acceptors (Lipinski definition) is 8.